The largest absolute Gasteiger partial charge is 0.479 e. The molecule has 2 aromatic carbocycles. The lowest BCUT2D eigenvalue weighted by Crippen LogP contribution is -2.41. The molecule has 0 unspecified atom stereocenters. The molecule has 1 saturated heterocycles. The molecule has 6 atom stereocenters. The third kappa shape index (κ3) is 3.21. The van der Waals surface area contributed by atoms with Gasteiger partial charge < -0.3 is 14.3 Å². The van der Waals surface area contributed by atoms with Crippen molar-refractivity contribution in [1.29, 1.82) is 5.26 Å². The molecule has 2 saturated carbocycles. The smallest absolute Gasteiger partial charge is 0.338 e. The first-order valence-corrected chi connectivity index (χ1v) is 12.0. The fourth-order valence-electron chi connectivity index (χ4n) is 6.42. The standard InChI is InChI=1S/C27H23N3O6/c1-2-34-27(33)15-3-7-16(8-4-15)30-25(31)20-18-13-19(21(20)26(30)32)24-22(18)23(29-36-24)14-5-9-17(10-6-14)35-12-11-28/h3-10,18-22,24H,2,12-13H2,1H3/t18-,19-,20+,21-,22-,24+/m1/s1. The Morgan fingerprint density at radius 1 is 1.06 bits per heavy atom. The van der Waals surface area contributed by atoms with E-state index < -0.39 is 17.8 Å². The van der Waals surface area contributed by atoms with E-state index in [2.05, 4.69) is 5.16 Å². The van der Waals surface area contributed by atoms with E-state index in [1.165, 1.54) is 4.90 Å². The zero-order valence-electron chi connectivity index (χ0n) is 19.5. The molecule has 9 heteroatoms. The molecule has 2 heterocycles. The second-order valence-electron chi connectivity index (χ2n) is 9.44. The number of carbonyl (C=O) groups is 3. The Kier molecular flexibility index (Phi) is 5.25. The molecule has 2 amide bonds. The quantitative estimate of drug-likeness (QED) is 0.456. The fourth-order valence-corrected chi connectivity index (χ4v) is 6.42. The molecule has 0 radical (unpaired) electrons. The summed E-state index contributed by atoms with van der Waals surface area (Å²) in [5.41, 5.74) is 2.49. The summed E-state index contributed by atoms with van der Waals surface area (Å²) in [4.78, 5) is 46.1. The van der Waals surface area contributed by atoms with Gasteiger partial charge in [-0.05, 0) is 67.8 Å². The van der Waals surface area contributed by atoms with Crippen LogP contribution in [0.3, 0.4) is 0 Å². The summed E-state index contributed by atoms with van der Waals surface area (Å²) in [5, 5.41) is 13.1. The van der Waals surface area contributed by atoms with Gasteiger partial charge in [0.25, 0.3) is 0 Å². The van der Waals surface area contributed by atoms with Gasteiger partial charge in [0.05, 0.1) is 35.4 Å². The Balaban J connectivity index is 1.24. The molecule has 0 N–H and O–H groups in total. The van der Waals surface area contributed by atoms with E-state index in [-0.39, 0.29) is 48.9 Å². The van der Waals surface area contributed by atoms with Crippen LogP contribution in [0.5, 0.6) is 5.75 Å². The molecule has 0 aromatic heterocycles. The van der Waals surface area contributed by atoms with E-state index in [4.69, 9.17) is 19.6 Å². The van der Waals surface area contributed by atoms with Gasteiger partial charge >= 0.3 is 5.97 Å². The van der Waals surface area contributed by atoms with Crippen LogP contribution in [0.15, 0.2) is 53.7 Å². The Bertz CT molecular complexity index is 1310. The number of nitriles is 1. The topological polar surface area (TPSA) is 118 Å². The van der Waals surface area contributed by atoms with E-state index in [0.717, 1.165) is 17.7 Å². The number of amides is 2. The lowest BCUT2D eigenvalue weighted by Gasteiger charge is -2.29. The van der Waals surface area contributed by atoms with E-state index in [0.29, 0.717) is 17.0 Å². The number of nitrogens with zero attached hydrogens (tertiary/aromatic N) is 3. The van der Waals surface area contributed by atoms with Gasteiger partial charge in [0.15, 0.2) is 6.61 Å². The number of imide groups is 1. The summed E-state index contributed by atoms with van der Waals surface area (Å²) in [5.74, 6) is -1.30. The number of carbonyl (C=O) groups excluding carboxylic acids is 3. The van der Waals surface area contributed by atoms with Gasteiger partial charge in [0.2, 0.25) is 11.8 Å². The van der Waals surface area contributed by atoms with Gasteiger partial charge in [-0.2, -0.15) is 5.26 Å². The van der Waals surface area contributed by atoms with Gasteiger partial charge in [-0.25, -0.2) is 4.79 Å². The van der Waals surface area contributed by atoms with Gasteiger partial charge in [0.1, 0.15) is 17.9 Å². The molecule has 6 rings (SSSR count). The monoisotopic (exact) mass is 485 g/mol. The van der Waals surface area contributed by atoms with Crippen molar-refractivity contribution in [2.45, 2.75) is 19.4 Å². The summed E-state index contributed by atoms with van der Waals surface area (Å²) in [6, 6.07) is 15.6. The number of hydrogen-bond donors (Lipinski definition) is 0. The molecular formula is C27H23N3O6. The van der Waals surface area contributed by atoms with Gasteiger partial charge in [-0.15, -0.1) is 0 Å². The lowest BCUT2D eigenvalue weighted by molar-refractivity contribution is -0.125. The number of rotatable bonds is 6. The minimum absolute atomic E-state index is 0.0287. The first kappa shape index (κ1) is 22.3. The number of anilines is 1. The molecule has 2 aliphatic heterocycles. The number of benzene rings is 2. The van der Waals surface area contributed by atoms with Crippen LogP contribution in [0.25, 0.3) is 0 Å². The zero-order chi connectivity index (χ0) is 25.0. The Hall–Kier alpha value is -4.19. The van der Waals surface area contributed by atoms with E-state index in [9.17, 15) is 14.4 Å². The summed E-state index contributed by atoms with van der Waals surface area (Å²) < 4.78 is 10.3. The maximum absolute atomic E-state index is 13.6. The van der Waals surface area contributed by atoms with E-state index >= 15 is 0 Å². The predicted octanol–water partition coefficient (Wildman–Crippen LogP) is 2.94. The SMILES string of the molecule is CCOC(=O)c1ccc(N2C(=O)[C@@H]3[C@H]4C[C@@H]([C@@H]5C(c6ccc(OCC#N)cc6)=NO[C@@H]45)[C@@H]3C2=O)cc1. The van der Waals surface area contributed by atoms with Crippen LogP contribution in [0.1, 0.15) is 29.3 Å². The van der Waals surface area contributed by atoms with Crippen molar-refractivity contribution < 1.29 is 28.7 Å². The molecule has 0 spiro atoms. The molecule has 2 bridgehead atoms. The van der Waals surface area contributed by atoms with Crippen molar-refractivity contribution in [3.8, 4) is 11.8 Å². The minimum atomic E-state index is -0.445. The highest BCUT2D eigenvalue weighted by Crippen LogP contribution is 2.62. The maximum atomic E-state index is 13.6. The summed E-state index contributed by atoms with van der Waals surface area (Å²) >= 11 is 0. The normalized spacial score (nSPS) is 29.3. The predicted molar refractivity (Wildman–Crippen MR) is 126 cm³/mol. The molecular weight excluding hydrogens is 462 g/mol. The Labute approximate surface area is 207 Å². The van der Waals surface area contributed by atoms with Crippen molar-refractivity contribution >= 4 is 29.2 Å². The highest BCUT2D eigenvalue weighted by atomic mass is 16.6. The summed E-state index contributed by atoms with van der Waals surface area (Å²) in [7, 11) is 0. The molecule has 2 aromatic rings. The van der Waals surface area contributed by atoms with Crippen molar-refractivity contribution in [1.82, 2.24) is 0 Å². The third-order valence-electron chi connectivity index (χ3n) is 7.78. The average Bonchev–Trinajstić information content (AvgIpc) is 3.64. The fraction of sp³-hybridized carbons (Fsp3) is 0.370. The molecule has 36 heavy (non-hydrogen) atoms. The average molecular weight is 485 g/mol. The van der Waals surface area contributed by atoms with Crippen molar-refractivity contribution in [3.63, 3.8) is 0 Å². The highest BCUT2D eigenvalue weighted by Gasteiger charge is 2.70. The van der Waals surface area contributed by atoms with Crippen LogP contribution in [-0.2, 0) is 19.2 Å². The lowest BCUT2D eigenvalue weighted by atomic mass is 9.71. The van der Waals surface area contributed by atoms with Crippen molar-refractivity contribution in [2.24, 2.45) is 34.7 Å². The number of esters is 1. The highest BCUT2D eigenvalue weighted by molar-refractivity contribution is 6.23. The number of oxime groups is 1. The van der Waals surface area contributed by atoms with E-state index in [1.807, 2.05) is 18.2 Å². The van der Waals surface area contributed by atoms with Crippen LogP contribution in [0.4, 0.5) is 5.69 Å². The molecule has 182 valence electrons. The van der Waals surface area contributed by atoms with Gasteiger partial charge in [-0.3, -0.25) is 14.5 Å². The van der Waals surface area contributed by atoms with Crippen LogP contribution < -0.4 is 9.64 Å². The first-order valence-electron chi connectivity index (χ1n) is 12.0. The molecule has 3 fully saturated rings. The Morgan fingerprint density at radius 3 is 2.42 bits per heavy atom. The number of hydrogen-bond acceptors (Lipinski definition) is 8. The van der Waals surface area contributed by atoms with Crippen molar-refractivity contribution in [3.05, 3.63) is 59.7 Å². The molecule has 2 aliphatic carbocycles. The van der Waals surface area contributed by atoms with Crippen molar-refractivity contribution in [2.75, 3.05) is 18.1 Å². The first-order chi connectivity index (χ1) is 17.5. The Morgan fingerprint density at radius 2 is 1.75 bits per heavy atom. The molecule has 4 aliphatic rings. The molecule has 9 nitrogen and oxygen atoms in total. The number of ether oxygens (including phenoxy) is 2. The zero-order valence-corrected chi connectivity index (χ0v) is 19.5. The third-order valence-corrected chi connectivity index (χ3v) is 7.78. The summed E-state index contributed by atoms with van der Waals surface area (Å²) in [6.45, 7) is 1.97. The van der Waals surface area contributed by atoms with Crippen LogP contribution >= 0.6 is 0 Å². The van der Waals surface area contributed by atoms with Crippen LogP contribution in [0, 0.1) is 40.9 Å². The summed E-state index contributed by atoms with van der Waals surface area (Å²) in [6.07, 6.45) is 0.517. The van der Waals surface area contributed by atoms with Gasteiger partial charge in [0, 0.05) is 17.4 Å². The second kappa shape index (κ2) is 8.48. The number of fused-ring (bicyclic) bond motifs is 8. The van der Waals surface area contributed by atoms with Crippen LogP contribution in [-0.4, -0.2) is 42.8 Å². The minimum Gasteiger partial charge on any atom is -0.479 e. The van der Waals surface area contributed by atoms with Crippen LogP contribution in [0.2, 0.25) is 0 Å². The van der Waals surface area contributed by atoms with Gasteiger partial charge in [-0.1, -0.05) is 5.16 Å². The second-order valence-corrected chi connectivity index (χ2v) is 9.44. The van der Waals surface area contributed by atoms with E-state index in [1.54, 1.807) is 43.3 Å². The maximum Gasteiger partial charge on any atom is 0.338 e.